The van der Waals surface area contributed by atoms with Gasteiger partial charge >= 0.3 is 5.97 Å². The molecule has 1 aromatic heterocycles. The van der Waals surface area contributed by atoms with E-state index in [2.05, 4.69) is 4.98 Å². The molecule has 1 rings (SSSR count). The molecule has 4 heteroatoms. The third kappa shape index (κ3) is 1.58. The van der Waals surface area contributed by atoms with E-state index >= 15 is 0 Å². The largest absolute Gasteiger partial charge is 0.477 e. The molecule has 0 aromatic carbocycles. The molecule has 56 valence electrons. The number of carbonyl (C=O) groups is 1. The summed E-state index contributed by atoms with van der Waals surface area (Å²) in [6.45, 7) is 0. The number of rotatable bonds is 2. The summed E-state index contributed by atoms with van der Waals surface area (Å²) in [6, 6.07) is 3.37. The van der Waals surface area contributed by atoms with Crippen molar-refractivity contribution in [2.45, 2.75) is 6.42 Å². The second-order valence-electron chi connectivity index (χ2n) is 2.06. The molecule has 0 spiro atoms. The number of nitrogens with one attached hydrogen (secondary N) is 1. The molecule has 2 N–H and O–H groups in total. The van der Waals surface area contributed by atoms with Gasteiger partial charge in [-0.05, 0) is 11.6 Å². The molecule has 0 amide bonds. The highest BCUT2D eigenvalue weighted by Crippen LogP contribution is 2.03. The van der Waals surface area contributed by atoms with Crippen molar-refractivity contribution in [2.75, 3.05) is 0 Å². The molecule has 0 saturated heterocycles. The molecule has 0 unspecified atom stereocenters. The second kappa shape index (κ2) is 2.88. The molecule has 0 aliphatic rings. The minimum Gasteiger partial charge on any atom is -0.477 e. The number of H-pyrrole nitrogens is 1. The number of carboxylic acid groups (broad SMARTS) is 1. The first-order valence-corrected chi connectivity index (χ1v) is 3.01. The highest BCUT2D eigenvalue weighted by atomic mass is 16.4. The van der Waals surface area contributed by atoms with Crippen LogP contribution in [0.2, 0.25) is 0 Å². The zero-order chi connectivity index (χ0) is 8.27. The van der Waals surface area contributed by atoms with Crippen molar-refractivity contribution < 1.29 is 9.90 Å². The van der Waals surface area contributed by atoms with Gasteiger partial charge in [-0.1, -0.05) is 0 Å². The Labute approximate surface area is 63.1 Å². The van der Waals surface area contributed by atoms with E-state index in [1.54, 1.807) is 0 Å². The monoisotopic (exact) mass is 150 g/mol. The Hall–Kier alpha value is -1.76. The lowest BCUT2D eigenvalue weighted by atomic mass is 10.2. The third-order valence-corrected chi connectivity index (χ3v) is 1.26. The molecule has 0 radical (unpaired) electrons. The summed E-state index contributed by atoms with van der Waals surface area (Å²) in [7, 11) is 0. The number of carboxylic acids is 1. The smallest absolute Gasteiger partial charge is 0.352 e. The molecule has 0 atom stereocenters. The Morgan fingerprint density at radius 1 is 1.82 bits per heavy atom. The van der Waals surface area contributed by atoms with Crippen molar-refractivity contribution in [2.24, 2.45) is 0 Å². The Bertz CT molecular complexity index is 308. The van der Waals surface area contributed by atoms with Gasteiger partial charge in [0.2, 0.25) is 0 Å². The van der Waals surface area contributed by atoms with Gasteiger partial charge in [-0.15, -0.1) is 0 Å². The Morgan fingerprint density at radius 3 is 3.00 bits per heavy atom. The fourth-order valence-electron chi connectivity index (χ4n) is 0.756. The molecule has 4 nitrogen and oxygen atoms in total. The number of nitriles is 1. The van der Waals surface area contributed by atoms with Gasteiger partial charge in [-0.25, -0.2) is 4.79 Å². The SMILES string of the molecule is N#CCc1c[nH]c(C(=O)O)c1. The van der Waals surface area contributed by atoms with Gasteiger partial charge < -0.3 is 10.1 Å². The van der Waals surface area contributed by atoms with E-state index in [-0.39, 0.29) is 12.1 Å². The number of aromatic amines is 1. The summed E-state index contributed by atoms with van der Waals surface area (Å²) >= 11 is 0. The summed E-state index contributed by atoms with van der Waals surface area (Å²) in [5, 5.41) is 16.7. The van der Waals surface area contributed by atoms with Crippen LogP contribution in [0.5, 0.6) is 0 Å². The van der Waals surface area contributed by atoms with Crippen LogP contribution in [0.4, 0.5) is 0 Å². The minimum absolute atomic E-state index is 0.121. The number of hydrogen-bond donors (Lipinski definition) is 2. The zero-order valence-corrected chi connectivity index (χ0v) is 5.66. The summed E-state index contributed by atoms with van der Waals surface area (Å²) in [6.07, 6.45) is 1.76. The van der Waals surface area contributed by atoms with Crippen LogP contribution in [0.3, 0.4) is 0 Å². The van der Waals surface area contributed by atoms with Crippen molar-refractivity contribution in [1.29, 1.82) is 5.26 Å². The summed E-state index contributed by atoms with van der Waals surface area (Å²) in [5.41, 5.74) is 0.820. The predicted molar refractivity (Wildman–Crippen MR) is 37.1 cm³/mol. The zero-order valence-electron chi connectivity index (χ0n) is 5.66. The van der Waals surface area contributed by atoms with Crippen LogP contribution in [0.15, 0.2) is 12.3 Å². The number of aromatic nitrogens is 1. The molecule has 11 heavy (non-hydrogen) atoms. The Balaban J connectivity index is 2.83. The standard InChI is InChI=1S/C7H6N2O2/c8-2-1-5-3-6(7(10)11)9-4-5/h3-4,9H,1H2,(H,10,11). The van der Waals surface area contributed by atoms with Gasteiger partial charge in [0.15, 0.2) is 0 Å². The normalized spacial score (nSPS) is 9.00. The molecule has 0 aliphatic carbocycles. The molecular weight excluding hydrogens is 144 g/mol. The molecule has 1 aromatic rings. The number of nitrogens with zero attached hydrogens (tertiary/aromatic N) is 1. The predicted octanol–water partition coefficient (Wildman–Crippen LogP) is 0.779. The van der Waals surface area contributed by atoms with E-state index in [0.29, 0.717) is 5.56 Å². The van der Waals surface area contributed by atoms with Crippen molar-refractivity contribution in [3.05, 3.63) is 23.5 Å². The van der Waals surface area contributed by atoms with E-state index < -0.39 is 5.97 Å². The highest BCUT2D eigenvalue weighted by molar-refractivity contribution is 5.85. The van der Waals surface area contributed by atoms with Crippen molar-refractivity contribution in [3.8, 4) is 6.07 Å². The van der Waals surface area contributed by atoms with Crippen LogP contribution in [0.1, 0.15) is 16.1 Å². The van der Waals surface area contributed by atoms with Gasteiger partial charge in [-0.3, -0.25) is 0 Å². The quantitative estimate of drug-likeness (QED) is 0.653. The van der Waals surface area contributed by atoms with E-state index in [9.17, 15) is 4.79 Å². The van der Waals surface area contributed by atoms with Crippen LogP contribution in [0.25, 0.3) is 0 Å². The van der Waals surface area contributed by atoms with E-state index in [0.717, 1.165) is 0 Å². The average Bonchev–Trinajstić information content (AvgIpc) is 2.37. The van der Waals surface area contributed by atoms with Gasteiger partial charge in [0.05, 0.1) is 12.5 Å². The summed E-state index contributed by atoms with van der Waals surface area (Å²) in [5.74, 6) is -1.01. The average molecular weight is 150 g/mol. The van der Waals surface area contributed by atoms with Gasteiger partial charge in [-0.2, -0.15) is 5.26 Å². The molecule has 0 aliphatic heterocycles. The molecule has 1 heterocycles. The van der Waals surface area contributed by atoms with Crippen molar-refractivity contribution >= 4 is 5.97 Å². The van der Waals surface area contributed by atoms with Gasteiger partial charge in [0.25, 0.3) is 0 Å². The number of hydrogen-bond acceptors (Lipinski definition) is 2. The molecule has 0 bridgehead atoms. The maximum atomic E-state index is 10.3. The molecule has 0 saturated carbocycles. The Kier molecular flexibility index (Phi) is 1.93. The maximum Gasteiger partial charge on any atom is 0.352 e. The highest BCUT2D eigenvalue weighted by Gasteiger charge is 2.04. The van der Waals surface area contributed by atoms with Crippen LogP contribution in [0, 0.1) is 11.3 Å². The van der Waals surface area contributed by atoms with Crippen LogP contribution in [-0.4, -0.2) is 16.1 Å². The van der Waals surface area contributed by atoms with E-state index in [1.807, 2.05) is 6.07 Å². The maximum absolute atomic E-state index is 10.3. The van der Waals surface area contributed by atoms with Crippen LogP contribution >= 0.6 is 0 Å². The lowest BCUT2D eigenvalue weighted by molar-refractivity contribution is 0.0691. The van der Waals surface area contributed by atoms with Crippen LogP contribution < -0.4 is 0 Å². The first-order chi connectivity index (χ1) is 5.24. The van der Waals surface area contributed by atoms with E-state index in [1.165, 1.54) is 12.3 Å². The summed E-state index contributed by atoms with van der Waals surface area (Å²) < 4.78 is 0. The van der Waals surface area contributed by atoms with Crippen molar-refractivity contribution in [3.63, 3.8) is 0 Å². The lowest BCUT2D eigenvalue weighted by Crippen LogP contribution is -1.94. The van der Waals surface area contributed by atoms with Crippen LogP contribution in [-0.2, 0) is 6.42 Å². The first kappa shape index (κ1) is 7.35. The van der Waals surface area contributed by atoms with E-state index in [4.69, 9.17) is 10.4 Å². The molecular formula is C7H6N2O2. The molecule has 0 fully saturated rings. The van der Waals surface area contributed by atoms with Gasteiger partial charge in [0.1, 0.15) is 5.69 Å². The minimum atomic E-state index is -1.01. The third-order valence-electron chi connectivity index (χ3n) is 1.26. The second-order valence-corrected chi connectivity index (χ2v) is 2.06. The first-order valence-electron chi connectivity index (χ1n) is 3.01. The number of aromatic carboxylic acids is 1. The topological polar surface area (TPSA) is 76.9 Å². The fraction of sp³-hybridized carbons (Fsp3) is 0.143. The fourth-order valence-corrected chi connectivity index (χ4v) is 0.756. The van der Waals surface area contributed by atoms with Crippen molar-refractivity contribution in [1.82, 2.24) is 4.98 Å². The van der Waals surface area contributed by atoms with Gasteiger partial charge in [0, 0.05) is 6.20 Å². The Morgan fingerprint density at radius 2 is 2.55 bits per heavy atom. The summed E-state index contributed by atoms with van der Waals surface area (Å²) in [4.78, 5) is 12.8. The lowest BCUT2D eigenvalue weighted by Gasteiger charge is -1.82.